The number of para-hydroxylation sites is 2. The third kappa shape index (κ3) is 5.53. The lowest BCUT2D eigenvalue weighted by Gasteiger charge is -2.36. The van der Waals surface area contributed by atoms with Crippen molar-refractivity contribution in [3.05, 3.63) is 210 Å². The summed E-state index contributed by atoms with van der Waals surface area (Å²) in [7, 11) is 5.08. The summed E-state index contributed by atoms with van der Waals surface area (Å²) >= 11 is 0. The van der Waals surface area contributed by atoms with Gasteiger partial charge >= 0.3 is 0 Å². The van der Waals surface area contributed by atoms with E-state index in [-0.39, 0.29) is 0 Å². The van der Waals surface area contributed by atoms with E-state index in [1.54, 1.807) is 0 Å². The Morgan fingerprint density at radius 2 is 1.15 bits per heavy atom. The molecule has 0 bridgehead atoms. The van der Waals surface area contributed by atoms with E-state index in [1.165, 1.54) is 0 Å². The van der Waals surface area contributed by atoms with E-state index in [1.807, 2.05) is 54.6 Å². The van der Waals surface area contributed by atoms with Crippen molar-refractivity contribution in [2.24, 2.45) is 4.99 Å². The molecule has 2 aromatic heterocycles. The predicted octanol–water partition coefficient (Wildman–Crippen LogP) is 12.9. The Labute approximate surface area is 350 Å². The molecule has 0 saturated carbocycles. The summed E-state index contributed by atoms with van der Waals surface area (Å²) in [5.74, 6) is 0. The van der Waals surface area contributed by atoms with Gasteiger partial charge in [-0.1, -0.05) is 176 Å². The van der Waals surface area contributed by atoms with E-state index in [2.05, 4.69) is 165 Å². The standard InChI is InChI=1S/C54H37N4OP/c1-57-49(37-23-12-5-13-24-37)44(33-55)48(36-21-10-4-11-22-36)56-54(57)43-31-32-46(60)47(35-19-8-3-9-20-35)50(43)58-45-28-15-14-25-39(45)40-29-30-42-41-27-16-26-38(34-17-6-2-7-18-34)52(41)59-53(42)51(40)58/h2-32,54H,60H2,1H3. The Kier molecular flexibility index (Phi) is 8.55. The second-order valence-corrected chi connectivity index (χ2v) is 15.8. The van der Waals surface area contributed by atoms with Crippen LogP contribution in [-0.2, 0) is 0 Å². The normalized spacial score (nSPS) is 14.3. The molecule has 0 saturated heterocycles. The van der Waals surface area contributed by atoms with E-state index in [4.69, 9.17) is 9.41 Å². The molecule has 3 heterocycles. The first-order chi connectivity index (χ1) is 29.6. The molecule has 60 heavy (non-hydrogen) atoms. The molecular formula is C54H37N4OP. The highest BCUT2D eigenvalue weighted by Crippen LogP contribution is 2.47. The van der Waals surface area contributed by atoms with E-state index in [0.29, 0.717) is 11.3 Å². The lowest BCUT2D eigenvalue weighted by atomic mass is 9.92. The number of allylic oxidation sites excluding steroid dienone is 1. The average molecular weight is 789 g/mol. The van der Waals surface area contributed by atoms with Crippen LogP contribution in [0.3, 0.4) is 0 Å². The smallest absolute Gasteiger partial charge is 0.160 e. The number of nitriles is 1. The van der Waals surface area contributed by atoms with Gasteiger partial charge in [-0.15, -0.1) is 9.24 Å². The van der Waals surface area contributed by atoms with E-state index < -0.39 is 6.17 Å². The molecule has 0 spiro atoms. The summed E-state index contributed by atoms with van der Waals surface area (Å²) < 4.78 is 9.61. The van der Waals surface area contributed by atoms with Crippen molar-refractivity contribution in [2.75, 3.05) is 7.05 Å². The number of fused-ring (bicyclic) bond motifs is 7. The van der Waals surface area contributed by atoms with Crippen LogP contribution in [0.25, 0.3) is 77.4 Å². The van der Waals surface area contributed by atoms with Crippen LogP contribution in [0.5, 0.6) is 0 Å². The topological polar surface area (TPSA) is 57.5 Å². The fraction of sp³-hybridized carbons (Fsp3) is 0.0370. The van der Waals surface area contributed by atoms with Gasteiger partial charge in [0.2, 0.25) is 0 Å². The fourth-order valence-electron chi connectivity index (χ4n) is 9.19. The number of aliphatic imine (C=N–C) groups is 1. The van der Waals surface area contributed by atoms with Gasteiger partial charge < -0.3 is 13.9 Å². The largest absolute Gasteiger partial charge is 0.453 e. The van der Waals surface area contributed by atoms with Crippen LogP contribution in [0.15, 0.2) is 203 Å². The fourth-order valence-corrected chi connectivity index (χ4v) is 9.59. The first-order valence-corrected chi connectivity index (χ1v) is 20.7. The van der Waals surface area contributed by atoms with Crippen LogP contribution in [0, 0.1) is 11.3 Å². The van der Waals surface area contributed by atoms with Gasteiger partial charge in [-0.2, -0.15) is 5.26 Å². The molecule has 8 aromatic carbocycles. The van der Waals surface area contributed by atoms with Crippen LogP contribution < -0.4 is 5.30 Å². The van der Waals surface area contributed by atoms with Gasteiger partial charge in [0.05, 0.1) is 28.1 Å². The van der Waals surface area contributed by atoms with Gasteiger partial charge in [-0.05, 0) is 34.1 Å². The van der Waals surface area contributed by atoms with E-state index in [9.17, 15) is 5.26 Å². The summed E-state index contributed by atoms with van der Waals surface area (Å²) in [6, 6.07) is 67.9. The van der Waals surface area contributed by atoms with Gasteiger partial charge in [0.15, 0.2) is 5.58 Å². The van der Waals surface area contributed by atoms with Gasteiger partial charge in [0, 0.05) is 50.8 Å². The Morgan fingerprint density at radius 3 is 1.85 bits per heavy atom. The molecule has 10 aromatic rings. The van der Waals surface area contributed by atoms with Crippen molar-refractivity contribution in [3.63, 3.8) is 0 Å². The maximum atomic E-state index is 10.9. The van der Waals surface area contributed by atoms with Crippen molar-refractivity contribution >= 4 is 69.7 Å². The highest BCUT2D eigenvalue weighted by molar-refractivity contribution is 7.28. The molecule has 284 valence electrons. The molecule has 0 radical (unpaired) electrons. The number of rotatable bonds is 6. The molecule has 6 heteroatoms. The molecule has 2 atom stereocenters. The molecule has 0 aliphatic carbocycles. The highest BCUT2D eigenvalue weighted by Gasteiger charge is 2.34. The van der Waals surface area contributed by atoms with Gasteiger partial charge in [0.1, 0.15) is 23.4 Å². The maximum absolute atomic E-state index is 10.9. The van der Waals surface area contributed by atoms with Crippen molar-refractivity contribution in [1.82, 2.24) is 9.47 Å². The molecule has 0 amide bonds. The molecule has 0 N–H and O–H groups in total. The Hall–Kier alpha value is -7.51. The second kappa shape index (κ2) is 14.4. The van der Waals surface area contributed by atoms with Crippen molar-refractivity contribution in [1.29, 1.82) is 5.26 Å². The number of furan rings is 1. The van der Waals surface area contributed by atoms with Crippen molar-refractivity contribution in [3.8, 4) is 34.0 Å². The van der Waals surface area contributed by atoms with Gasteiger partial charge in [-0.25, -0.2) is 0 Å². The summed E-state index contributed by atoms with van der Waals surface area (Å²) in [5.41, 5.74) is 13.9. The number of hydrogen-bond donors (Lipinski definition) is 0. The van der Waals surface area contributed by atoms with Gasteiger partial charge in [-0.3, -0.25) is 4.99 Å². The van der Waals surface area contributed by atoms with Crippen LogP contribution >= 0.6 is 9.24 Å². The Morgan fingerprint density at radius 1 is 0.567 bits per heavy atom. The lowest BCUT2D eigenvalue weighted by molar-refractivity contribution is 0.362. The molecule has 11 rings (SSSR count). The zero-order chi connectivity index (χ0) is 40.3. The maximum Gasteiger partial charge on any atom is 0.160 e. The molecule has 2 unspecified atom stereocenters. The lowest BCUT2D eigenvalue weighted by Crippen LogP contribution is -2.31. The number of nitrogens with zero attached hydrogens (tertiary/aromatic N) is 4. The Bertz CT molecular complexity index is 3400. The van der Waals surface area contributed by atoms with Crippen LogP contribution in [-0.4, -0.2) is 22.2 Å². The van der Waals surface area contributed by atoms with Crippen LogP contribution in [0.4, 0.5) is 0 Å². The molecule has 1 aliphatic rings. The van der Waals surface area contributed by atoms with Crippen molar-refractivity contribution in [2.45, 2.75) is 6.17 Å². The summed E-state index contributed by atoms with van der Waals surface area (Å²) in [5, 5.41) is 16.3. The zero-order valence-corrected chi connectivity index (χ0v) is 33.9. The first-order valence-electron chi connectivity index (χ1n) is 20.1. The number of hydrogen-bond acceptors (Lipinski definition) is 4. The summed E-state index contributed by atoms with van der Waals surface area (Å²) in [6.45, 7) is 0. The first kappa shape index (κ1) is 35.6. The van der Waals surface area contributed by atoms with Crippen LogP contribution in [0.1, 0.15) is 22.9 Å². The third-order valence-electron chi connectivity index (χ3n) is 11.8. The monoisotopic (exact) mass is 788 g/mol. The number of benzene rings is 8. The van der Waals surface area contributed by atoms with Crippen LogP contribution in [0.2, 0.25) is 0 Å². The number of aromatic nitrogens is 1. The third-order valence-corrected chi connectivity index (χ3v) is 12.3. The molecule has 0 fully saturated rings. The van der Waals surface area contributed by atoms with E-state index >= 15 is 0 Å². The molecule has 1 aliphatic heterocycles. The predicted molar refractivity (Wildman–Crippen MR) is 251 cm³/mol. The van der Waals surface area contributed by atoms with Crippen molar-refractivity contribution < 1.29 is 4.42 Å². The minimum absolute atomic E-state index is 0.522. The quantitative estimate of drug-likeness (QED) is 0.158. The minimum atomic E-state index is -0.522. The van der Waals surface area contributed by atoms with E-state index in [0.717, 1.165) is 99.4 Å². The van der Waals surface area contributed by atoms with Gasteiger partial charge in [0.25, 0.3) is 0 Å². The Balaban J connectivity index is 1.28. The average Bonchev–Trinajstić information content (AvgIpc) is 3.86. The highest BCUT2D eigenvalue weighted by atomic mass is 31.0. The minimum Gasteiger partial charge on any atom is -0.453 e. The SMILES string of the molecule is CN1C(c2ccccc2)=C(C#N)C(c2ccccc2)=NC1c1ccc(P)c(-c2ccccc2)c1-n1c2ccccc2c2ccc3c4cccc(-c5ccccc5)c4oc3c21. The second-order valence-electron chi connectivity index (χ2n) is 15.2. The summed E-state index contributed by atoms with van der Waals surface area (Å²) in [4.78, 5) is 7.76. The molecular weight excluding hydrogens is 752 g/mol. The summed E-state index contributed by atoms with van der Waals surface area (Å²) in [6.07, 6.45) is -0.522. The zero-order valence-electron chi connectivity index (χ0n) is 32.7. The molecule has 5 nitrogen and oxygen atoms in total.